The number of carboxylic acid groups (broad SMARTS) is 1. The van der Waals surface area contributed by atoms with Gasteiger partial charge in [-0.25, -0.2) is 14.8 Å². The summed E-state index contributed by atoms with van der Waals surface area (Å²) in [5.41, 5.74) is 13.1. The Morgan fingerprint density at radius 1 is 1.03 bits per heavy atom. The quantitative estimate of drug-likeness (QED) is 0.142. The number of anilines is 3. The predicted molar refractivity (Wildman–Crippen MR) is 134 cm³/mol. The second kappa shape index (κ2) is 10.9. The Labute approximate surface area is 214 Å². The minimum absolute atomic E-state index is 0.00897. The molecule has 1 aromatic carbocycles. The highest BCUT2D eigenvalue weighted by Gasteiger charge is 2.46. The normalized spacial score (nSPS) is 12.9. The van der Waals surface area contributed by atoms with E-state index in [1.807, 2.05) is 5.32 Å². The number of aliphatic carboxylic acids is 1. The van der Waals surface area contributed by atoms with Crippen LogP contribution in [0, 0.1) is 0 Å². The molecular weight excluding hydrogens is 546 g/mol. The topological polar surface area (TPSA) is 288 Å². The monoisotopic (exact) mass is 570 g/mol. The van der Waals surface area contributed by atoms with Crippen molar-refractivity contribution in [2.24, 2.45) is 0 Å². The number of fused-ring (bicyclic) bond motifs is 1. The molecule has 0 aliphatic carbocycles. The van der Waals surface area contributed by atoms with Crippen LogP contribution >= 0.6 is 15.2 Å². The first-order chi connectivity index (χ1) is 17.6. The van der Waals surface area contributed by atoms with Gasteiger partial charge in [0.05, 0.1) is 18.4 Å². The molecule has 0 aliphatic heterocycles. The van der Waals surface area contributed by atoms with E-state index in [1.54, 1.807) is 24.1 Å². The van der Waals surface area contributed by atoms with E-state index in [0.717, 1.165) is 0 Å². The van der Waals surface area contributed by atoms with E-state index in [2.05, 4.69) is 19.9 Å². The molecule has 1 atom stereocenters. The molecular formula is C19H24N8O9P2. The number of nitrogens with two attached hydrogens (primary N) is 2. The summed E-state index contributed by atoms with van der Waals surface area (Å²) in [4.78, 5) is 79.2. The molecule has 1 amide bonds. The molecule has 2 aromatic heterocycles. The van der Waals surface area contributed by atoms with Crippen molar-refractivity contribution in [3.63, 3.8) is 0 Å². The lowest BCUT2D eigenvalue weighted by atomic mass is 10.1. The zero-order valence-electron chi connectivity index (χ0n) is 19.6. The zero-order chi connectivity index (χ0) is 28.4. The summed E-state index contributed by atoms with van der Waals surface area (Å²) in [6.07, 6.45) is 0.298. The Hall–Kier alpha value is -3.72. The maximum absolute atomic E-state index is 12.6. The van der Waals surface area contributed by atoms with Gasteiger partial charge in [-0.15, -0.1) is 0 Å². The van der Waals surface area contributed by atoms with Gasteiger partial charge in [0.15, 0.2) is 22.4 Å². The summed E-state index contributed by atoms with van der Waals surface area (Å²) in [6, 6.07) is 3.85. The molecule has 19 heteroatoms. The number of carbonyl (C=O) groups excluding carboxylic acids is 1. The third kappa shape index (κ3) is 6.98. The largest absolute Gasteiger partial charge is 0.480 e. The van der Waals surface area contributed by atoms with Crippen molar-refractivity contribution >= 4 is 55.7 Å². The number of benzene rings is 1. The second-order valence-corrected chi connectivity index (χ2v) is 12.2. The van der Waals surface area contributed by atoms with Crippen molar-refractivity contribution < 1.29 is 43.4 Å². The zero-order valence-corrected chi connectivity index (χ0v) is 21.4. The number of nitrogens with one attached hydrogen (secondary N) is 1. The van der Waals surface area contributed by atoms with Crippen LogP contribution in [-0.4, -0.2) is 75.0 Å². The van der Waals surface area contributed by atoms with Crippen LogP contribution in [0.25, 0.3) is 11.2 Å². The molecule has 10 N–H and O–H groups in total. The maximum Gasteiger partial charge on any atom is 0.340 e. The standard InChI is InChI=1S/C19H24N8O9P2/c1-27(8-10-7-22-16-14(23-10)15(20)25-19(21)26-16)11-4-2-9(3-5-11)17(28)24-12(18(29)30)6-13(37(31,32)33)38(34,35)36/h2-5,7,12-13H,6,8H2,1H3,(H,24,28)(H,29,30)(H2,31,32,33)(H2,34,35,36)(H4,20,21,22,25,26). The van der Waals surface area contributed by atoms with Gasteiger partial charge >= 0.3 is 21.2 Å². The lowest BCUT2D eigenvalue weighted by Gasteiger charge is -2.23. The van der Waals surface area contributed by atoms with Gasteiger partial charge in [-0.3, -0.25) is 13.9 Å². The highest BCUT2D eigenvalue weighted by atomic mass is 31.2. The molecule has 0 saturated heterocycles. The minimum Gasteiger partial charge on any atom is -0.480 e. The third-order valence-corrected chi connectivity index (χ3v) is 9.08. The molecule has 204 valence electrons. The fraction of sp³-hybridized carbons (Fsp3) is 0.263. The van der Waals surface area contributed by atoms with Gasteiger partial charge in [-0.2, -0.15) is 9.97 Å². The van der Waals surface area contributed by atoms with Gasteiger partial charge in [0.1, 0.15) is 6.04 Å². The second-order valence-electron chi connectivity index (χ2n) is 8.16. The summed E-state index contributed by atoms with van der Waals surface area (Å²) >= 11 is 0. The van der Waals surface area contributed by atoms with Crippen molar-refractivity contribution in [3.05, 3.63) is 41.7 Å². The summed E-state index contributed by atoms with van der Waals surface area (Å²) in [5.74, 6) is -2.62. The summed E-state index contributed by atoms with van der Waals surface area (Å²) in [6.45, 7) is 0.269. The van der Waals surface area contributed by atoms with Gasteiger partial charge < -0.3 is 46.4 Å². The van der Waals surface area contributed by atoms with E-state index in [1.165, 1.54) is 18.3 Å². The molecule has 0 bridgehead atoms. The fourth-order valence-electron chi connectivity index (χ4n) is 3.40. The molecule has 3 aromatic rings. The van der Waals surface area contributed by atoms with E-state index < -0.39 is 44.9 Å². The predicted octanol–water partition coefficient (Wildman–Crippen LogP) is -0.525. The first-order valence-corrected chi connectivity index (χ1v) is 13.9. The Morgan fingerprint density at radius 2 is 1.63 bits per heavy atom. The number of amides is 1. The van der Waals surface area contributed by atoms with Gasteiger partial charge in [-0.05, 0) is 24.3 Å². The summed E-state index contributed by atoms with van der Waals surface area (Å²) < 4.78 is 23.0. The summed E-state index contributed by atoms with van der Waals surface area (Å²) in [7, 11) is -9.04. The molecule has 3 rings (SSSR count). The number of nitrogen functional groups attached to an aromatic ring is 2. The van der Waals surface area contributed by atoms with Crippen LogP contribution in [-0.2, 0) is 20.5 Å². The minimum atomic E-state index is -5.38. The Morgan fingerprint density at radius 3 is 2.18 bits per heavy atom. The van der Waals surface area contributed by atoms with Gasteiger partial charge in [0.25, 0.3) is 5.91 Å². The van der Waals surface area contributed by atoms with Gasteiger partial charge in [0, 0.05) is 24.7 Å². The van der Waals surface area contributed by atoms with E-state index in [4.69, 9.17) is 11.5 Å². The lowest BCUT2D eigenvalue weighted by Crippen LogP contribution is -2.42. The molecule has 0 saturated carbocycles. The van der Waals surface area contributed by atoms with Crippen molar-refractivity contribution in [1.29, 1.82) is 0 Å². The molecule has 0 fully saturated rings. The van der Waals surface area contributed by atoms with E-state index in [0.29, 0.717) is 11.4 Å². The van der Waals surface area contributed by atoms with Crippen LogP contribution in [0.3, 0.4) is 0 Å². The van der Waals surface area contributed by atoms with E-state index in [-0.39, 0.29) is 35.0 Å². The molecule has 38 heavy (non-hydrogen) atoms. The molecule has 0 spiro atoms. The number of rotatable bonds is 10. The fourth-order valence-corrected chi connectivity index (χ4v) is 5.94. The molecule has 0 aliphatic rings. The van der Waals surface area contributed by atoms with Crippen LogP contribution in [0.2, 0.25) is 0 Å². The van der Waals surface area contributed by atoms with Crippen molar-refractivity contribution in [3.8, 4) is 0 Å². The van der Waals surface area contributed by atoms with Crippen molar-refractivity contribution in [1.82, 2.24) is 25.3 Å². The number of carbonyl (C=O) groups is 2. The SMILES string of the molecule is CN(Cc1cnc2nc(N)nc(N)c2n1)c1ccc(C(=O)NC(CC(P(=O)(O)O)P(=O)(O)O)C(=O)O)cc1. The Bertz CT molecular complexity index is 1440. The van der Waals surface area contributed by atoms with Crippen molar-refractivity contribution in [2.45, 2.75) is 24.4 Å². The summed E-state index contributed by atoms with van der Waals surface area (Å²) in [5, 5.41) is 8.78. The maximum atomic E-state index is 12.6. The number of hydrogen-bond acceptors (Lipinski definition) is 11. The van der Waals surface area contributed by atoms with Crippen LogP contribution in [0.1, 0.15) is 22.5 Å². The van der Waals surface area contributed by atoms with Crippen LogP contribution < -0.4 is 21.7 Å². The highest BCUT2D eigenvalue weighted by Crippen LogP contribution is 2.61. The van der Waals surface area contributed by atoms with E-state index >= 15 is 0 Å². The van der Waals surface area contributed by atoms with Crippen LogP contribution in [0.5, 0.6) is 0 Å². The van der Waals surface area contributed by atoms with Gasteiger partial charge in [0.2, 0.25) is 5.95 Å². The lowest BCUT2D eigenvalue weighted by molar-refractivity contribution is -0.139. The first kappa shape index (κ1) is 28.8. The first-order valence-electron chi connectivity index (χ1n) is 10.6. The van der Waals surface area contributed by atoms with E-state index in [9.17, 15) is 43.4 Å². The van der Waals surface area contributed by atoms with Crippen molar-refractivity contribution in [2.75, 3.05) is 23.4 Å². The average molecular weight is 570 g/mol. The molecule has 0 radical (unpaired) electrons. The smallest absolute Gasteiger partial charge is 0.340 e. The Balaban J connectivity index is 1.72. The molecule has 17 nitrogen and oxygen atoms in total. The highest BCUT2D eigenvalue weighted by molar-refractivity contribution is 7.70. The molecule has 2 heterocycles. The third-order valence-electron chi connectivity index (χ3n) is 5.30. The molecule has 1 unspecified atom stereocenters. The average Bonchev–Trinajstić information content (AvgIpc) is 2.80. The number of nitrogens with zero attached hydrogens (tertiary/aromatic N) is 5. The van der Waals surface area contributed by atoms with Crippen LogP contribution in [0.4, 0.5) is 17.5 Å². The number of aromatic nitrogens is 4. The van der Waals surface area contributed by atoms with Crippen LogP contribution in [0.15, 0.2) is 30.5 Å². The van der Waals surface area contributed by atoms with Gasteiger partial charge in [-0.1, -0.05) is 0 Å². The number of carboxylic acids is 1. The number of hydrogen-bond donors (Lipinski definition) is 8. The Kier molecular flexibility index (Phi) is 8.31.